The largest absolute Gasteiger partial charge is 0.496 e. The van der Waals surface area contributed by atoms with Crippen molar-refractivity contribution >= 4 is 11.6 Å². The maximum absolute atomic E-state index is 10.6. The van der Waals surface area contributed by atoms with Gasteiger partial charge in [0.2, 0.25) is 0 Å². The highest BCUT2D eigenvalue weighted by atomic mass is 35.5. The Balaban J connectivity index is 2.99. The van der Waals surface area contributed by atoms with Crippen molar-refractivity contribution in [3.8, 4) is 5.75 Å². The summed E-state index contributed by atoms with van der Waals surface area (Å²) in [6.45, 7) is 9.06. The lowest BCUT2D eigenvalue weighted by molar-refractivity contribution is 0.0887. The van der Waals surface area contributed by atoms with Gasteiger partial charge < -0.3 is 15.6 Å². The summed E-state index contributed by atoms with van der Waals surface area (Å²) in [6, 6.07) is 5.44. The summed E-state index contributed by atoms with van der Waals surface area (Å²) < 4.78 is 5.38. The highest BCUT2D eigenvalue weighted by Crippen LogP contribution is 2.36. The lowest BCUT2D eigenvalue weighted by Gasteiger charge is -2.32. The first-order chi connectivity index (χ1) is 9.70. The molecule has 0 aliphatic carbocycles. The van der Waals surface area contributed by atoms with Crippen LogP contribution in [0.5, 0.6) is 5.75 Å². The molecule has 0 radical (unpaired) electrons. The molecule has 1 aromatic rings. The number of nitrogens with two attached hydrogens (primary N) is 1. The number of hydrogen-bond acceptors (Lipinski definition) is 3. The fraction of sp³-hybridized carbons (Fsp3) is 0.647. The Morgan fingerprint density at radius 1 is 1.33 bits per heavy atom. The molecule has 3 unspecified atom stereocenters. The van der Waals surface area contributed by atoms with Gasteiger partial charge >= 0.3 is 0 Å². The number of aliphatic hydroxyl groups excluding tert-OH is 1. The molecule has 0 bridgehead atoms. The third-order valence-electron chi connectivity index (χ3n) is 4.38. The molecule has 4 heteroatoms. The van der Waals surface area contributed by atoms with E-state index >= 15 is 0 Å². The van der Waals surface area contributed by atoms with Gasteiger partial charge in [0, 0.05) is 23.0 Å². The average Bonchev–Trinajstić information content (AvgIpc) is 2.38. The number of aliphatic hydroxyl groups is 1. The van der Waals surface area contributed by atoms with E-state index in [0.29, 0.717) is 23.9 Å². The molecule has 0 aromatic heterocycles. The number of halogens is 1. The van der Waals surface area contributed by atoms with E-state index in [2.05, 4.69) is 27.7 Å². The highest BCUT2D eigenvalue weighted by molar-refractivity contribution is 6.30. The van der Waals surface area contributed by atoms with Crippen LogP contribution in [0.15, 0.2) is 18.2 Å². The number of rotatable bonds is 6. The molecular weight excluding hydrogens is 286 g/mol. The van der Waals surface area contributed by atoms with Crippen LogP contribution in [0.4, 0.5) is 0 Å². The second kappa shape index (κ2) is 7.48. The van der Waals surface area contributed by atoms with Gasteiger partial charge in [-0.15, -0.1) is 0 Å². The van der Waals surface area contributed by atoms with Gasteiger partial charge in [0.15, 0.2) is 0 Å². The predicted octanol–water partition coefficient (Wildman–Crippen LogP) is 3.82. The minimum atomic E-state index is -0.517. The second-order valence-corrected chi connectivity index (χ2v) is 7.24. The van der Waals surface area contributed by atoms with Crippen LogP contribution in [0.25, 0.3) is 0 Å². The molecule has 0 saturated carbocycles. The average molecular weight is 314 g/mol. The first-order valence-corrected chi connectivity index (χ1v) is 7.80. The Hall–Kier alpha value is -0.770. The molecule has 0 saturated heterocycles. The van der Waals surface area contributed by atoms with E-state index < -0.39 is 6.10 Å². The molecule has 0 spiro atoms. The van der Waals surface area contributed by atoms with Gasteiger partial charge in [0.1, 0.15) is 5.75 Å². The van der Waals surface area contributed by atoms with E-state index in [1.807, 2.05) is 12.1 Å². The highest BCUT2D eigenvalue weighted by Gasteiger charge is 2.29. The van der Waals surface area contributed by atoms with Gasteiger partial charge in [-0.05, 0) is 36.0 Å². The van der Waals surface area contributed by atoms with Crippen LogP contribution in [0.3, 0.4) is 0 Å². The fourth-order valence-corrected chi connectivity index (χ4v) is 2.55. The normalized spacial score (nSPS) is 16.4. The summed E-state index contributed by atoms with van der Waals surface area (Å²) >= 11 is 6.08. The summed E-state index contributed by atoms with van der Waals surface area (Å²) in [5.41, 5.74) is 6.93. The minimum absolute atomic E-state index is 0.151. The number of benzene rings is 1. The molecule has 0 heterocycles. The van der Waals surface area contributed by atoms with Gasteiger partial charge in [-0.2, -0.15) is 0 Å². The van der Waals surface area contributed by atoms with Crippen molar-refractivity contribution in [3.05, 3.63) is 28.8 Å². The van der Waals surface area contributed by atoms with Crippen molar-refractivity contribution in [1.29, 1.82) is 0 Å². The summed E-state index contributed by atoms with van der Waals surface area (Å²) in [6.07, 6.45) is 0.178. The summed E-state index contributed by atoms with van der Waals surface area (Å²) in [5, 5.41) is 11.3. The SMILES string of the molecule is COc1ccc(Cl)cc1C(CN)C(O)CC(C)C(C)(C)C. The van der Waals surface area contributed by atoms with E-state index in [9.17, 15) is 5.11 Å². The topological polar surface area (TPSA) is 55.5 Å². The molecule has 21 heavy (non-hydrogen) atoms. The van der Waals surface area contributed by atoms with Crippen molar-refractivity contribution in [1.82, 2.24) is 0 Å². The van der Waals surface area contributed by atoms with Gasteiger partial charge in [-0.25, -0.2) is 0 Å². The van der Waals surface area contributed by atoms with Crippen LogP contribution >= 0.6 is 11.6 Å². The smallest absolute Gasteiger partial charge is 0.122 e. The first-order valence-electron chi connectivity index (χ1n) is 7.42. The van der Waals surface area contributed by atoms with E-state index in [1.54, 1.807) is 13.2 Å². The Kier molecular flexibility index (Phi) is 6.51. The van der Waals surface area contributed by atoms with Crippen LogP contribution in [0.1, 0.15) is 45.6 Å². The molecule has 120 valence electrons. The molecule has 0 aliphatic rings. The molecule has 0 aliphatic heterocycles. The monoisotopic (exact) mass is 313 g/mol. The van der Waals surface area contributed by atoms with Crippen molar-refractivity contribution in [2.24, 2.45) is 17.1 Å². The summed E-state index contributed by atoms with van der Waals surface area (Å²) in [5.74, 6) is 0.924. The quantitative estimate of drug-likeness (QED) is 0.839. The van der Waals surface area contributed by atoms with Crippen molar-refractivity contribution < 1.29 is 9.84 Å². The standard InChI is InChI=1S/C17H28ClNO2/c1-11(17(2,3)4)8-15(20)14(10-19)13-9-12(18)6-7-16(13)21-5/h6-7,9,11,14-15,20H,8,10,19H2,1-5H3. The van der Waals surface area contributed by atoms with Crippen LogP contribution in [-0.4, -0.2) is 24.9 Å². The van der Waals surface area contributed by atoms with Crippen LogP contribution < -0.4 is 10.5 Å². The molecule has 0 fully saturated rings. The lowest BCUT2D eigenvalue weighted by Crippen LogP contribution is -2.31. The fourth-order valence-electron chi connectivity index (χ4n) is 2.37. The molecule has 0 amide bonds. The van der Waals surface area contributed by atoms with Crippen LogP contribution in [0, 0.1) is 11.3 Å². The van der Waals surface area contributed by atoms with Gasteiger partial charge in [-0.1, -0.05) is 39.3 Å². The van der Waals surface area contributed by atoms with E-state index in [4.69, 9.17) is 22.1 Å². The first kappa shape index (κ1) is 18.3. The van der Waals surface area contributed by atoms with Crippen molar-refractivity contribution in [2.45, 2.75) is 46.1 Å². The number of ether oxygens (including phenoxy) is 1. The van der Waals surface area contributed by atoms with Gasteiger partial charge in [0.05, 0.1) is 13.2 Å². The zero-order chi connectivity index (χ0) is 16.2. The van der Waals surface area contributed by atoms with Crippen molar-refractivity contribution in [3.63, 3.8) is 0 Å². The molecule has 1 aromatic carbocycles. The Bertz CT molecular complexity index is 457. The second-order valence-electron chi connectivity index (χ2n) is 6.80. The molecule has 3 N–H and O–H groups in total. The van der Waals surface area contributed by atoms with E-state index in [-0.39, 0.29) is 11.3 Å². The Morgan fingerprint density at radius 3 is 2.43 bits per heavy atom. The maximum Gasteiger partial charge on any atom is 0.122 e. The lowest BCUT2D eigenvalue weighted by atomic mass is 9.76. The zero-order valence-corrected chi connectivity index (χ0v) is 14.4. The summed E-state index contributed by atoms with van der Waals surface area (Å²) in [4.78, 5) is 0. The molecule has 1 rings (SSSR count). The summed E-state index contributed by atoms with van der Waals surface area (Å²) in [7, 11) is 1.62. The number of hydrogen-bond donors (Lipinski definition) is 2. The maximum atomic E-state index is 10.6. The van der Waals surface area contributed by atoms with E-state index in [0.717, 1.165) is 11.3 Å². The predicted molar refractivity (Wildman–Crippen MR) is 89.0 cm³/mol. The van der Waals surface area contributed by atoms with Crippen molar-refractivity contribution in [2.75, 3.05) is 13.7 Å². The molecule has 3 nitrogen and oxygen atoms in total. The van der Waals surface area contributed by atoms with Gasteiger partial charge in [-0.3, -0.25) is 0 Å². The van der Waals surface area contributed by atoms with Gasteiger partial charge in [0.25, 0.3) is 0 Å². The third kappa shape index (κ3) is 4.87. The Morgan fingerprint density at radius 2 is 1.95 bits per heavy atom. The number of methoxy groups -OCH3 is 1. The Labute approximate surface area is 133 Å². The van der Waals surface area contributed by atoms with E-state index in [1.165, 1.54) is 0 Å². The van der Waals surface area contributed by atoms with Crippen LogP contribution in [0.2, 0.25) is 5.02 Å². The molecular formula is C17H28ClNO2. The van der Waals surface area contributed by atoms with Crippen LogP contribution in [-0.2, 0) is 0 Å². The zero-order valence-electron chi connectivity index (χ0n) is 13.7. The third-order valence-corrected chi connectivity index (χ3v) is 4.62. The minimum Gasteiger partial charge on any atom is -0.496 e. The molecule has 3 atom stereocenters.